The zero-order chi connectivity index (χ0) is 14.0. The normalized spacial score (nSPS) is 10.3. The first-order valence-electron chi connectivity index (χ1n) is 5.60. The molecule has 98 valence electrons. The lowest BCUT2D eigenvalue weighted by atomic mass is 10.1. The number of benzene rings is 2. The summed E-state index contributed by atoms with van der Waals surface area (Å²) in [5, 5.41) is 2.86. The minimum absolute atomic E-state index is 0.173. The number of halogens is 2. The highest BCUT2D eigenvalue weighted by molar-refractivity contribution is 9.11. The maximum Gasteiger partial charge on any atom is 0.256 e. The Balaban J connectivity index is 2.28. The van der Waals surface area contributed by atoms with Gasteiger partial charge < -0.3 is 11.1 Å². The summed E-state index contributed by atoms with van der Waals surface area (Å²) in [6.45, 7) is 1.88. The monoisotopic (exact) mass is 382 g/mol. The first-order valence-corrected chi connectivity index (χ1v) is 7.18. The lowest BCUT2D eigenvalue weighted by molar-refractivity contribution is 0.102. The summed E-state index contributed by atoms with van der Waals surface area (Å²) in [6, 6.07) is 10.9. The van der Waals surface area contributed by atoms with E-state index in [1.54, 1.807) is 12.1 Å². The minimum Gasteiger partial charge on any atom is -0.399 e. The molecule has 2 aromatic rings. The molecule has 0 aliphatic rings. The lowest BCUT2D eigenvalue weighted by Gasteiger charge is -2.10. The molecule has 0 spiro atoms. The number of nitrogens with two attached hydrogens (primary N) is 1. The molecule has 0 aliphatic heterocycles. The molecule has 0 radical (unpaired) electrons. The Morgan fingerprint density at radius 1 is 1.16 bits per heavy atom. The van der Waals surface area contributed by atoms with Crippen molar-refractivity contribution >= 4 is 49.1 Å². The van der Waals surface area contributed by atoms with E-state index in [-0.39, 0.29) is 5.91 Å². The summed E-state index contributed by atoms with van der Waals surface area (Å²) in [5.41, 5.74) is 8.47. The van der Waals surface area contributed by atoms with Crippen LogP contribution in [-0.4, -0.2) is 5.91 Å². The number of amides is 1. The Bertz CT molecular complexity index is 641. The van der Waals surface area contributed by atoms with Gasteiger partial charge in [0.25, 0.3) is 5.91 Å². The van der Waals surface area contributed by atoms with Gasteiger partial charge in [0.2, 0.25) is 0 Å². The lowest BCUT2D eigenvalue weighted by Crippen LogP contribution is -2.14. The molecule has 2 aromatic carbocycles. The van der Waals surface area contributed by atoms with Gasteiger partial charge in [0.15, 0.2) is 0 Å². The zero-order valence-electron chi connectivity index (χ0n) is 10.2. The van der Waals surface area contributed by atoms with Gasteiger partial charge in [-0.1, -0.05) is 22.0 Å². The molecular formula is C14H12Br2N2O. The van der Waals surface area contributed by atoms with Gasteiger partial charge in [0.05, 0.1) is 5.69 Å². The summed E-state index contributed by atoms with van der Waals surface area (Å²) in [7, 11) is 0. The van der Waals surface area contributed by atoms with Crippen molar-refractivity contribution in [3.05, 3.63) is 56.5 Å². The van der Waals surface area contributed by atoms with Crippen LogP contribution in [0.2, 0.25) is 0 Å². The number of nitrogens with one attached hydrogen (secondary N) is 1. The van der Waals surface area contributed by atoms with Crippen LogP contribution in [0.15, 0.2) is 45.3 Å². The number of hydrogen-bond acceptors (Lipinski definition) is 2. The van der Waals surface area contributed by atoms with Crippen LogP contribution in [0.3, 0.4) is 0 Å². The molecule has 0 unspecified atom stereocenters. The molecule has 0 aromatic heterocycles. The molecule has 0 bridgehead atoms. The van der Waals surface area contributed by atoms with Crippen LogP contribution in [-0.2, 0) is 0 Å². The van der Waals surface area contributed by atoms with Gasteiger partial charge in [-0.2, -0.15) is 0 Å². The number of anilines is 2. The summed E-state index contributed by atoms with van der Waals surface area (Å²) < 4.78 is 1.76. The number of carbonyl (C=O) groups excluding carboxylic acids is 1. The predicted octanol–water partition coefficient (Wildman–Crippen LogP) is 4.35. The third kappa shape index (κ3) is 3.36. The van der Waals surface area contributed by atoms with E-state index >= 15 is 0 Å². The Hall–Kier alpha value is -1.33. The van der Waals surface area contributed by atoms with Crippen molar-refractivity contribution in [1.29, 1.82) is 0 Å². The largest absolute Gasteiger partial charge is 0.399 e. The molecule has 0 saturated heterocycles. The van der Waals surface area contributed by atoms with Crippen molar-refractivity contribution in [2.45, 2.75) is 6.92 Å². The van der Waals surface area contributed by atoms with Crippen LogP contribution < -0.4 is 11.1 Å². The zero-order valence-corrected chi connectivity index (χ0v) is 13.4. The van der Waals surface area contributed by atoms with Gasteiger partial charge in [-0.15, -0.1) is 0 Å². The second-order valence-electron chi connectivity index (χ2n) is 4.15. The van der Waals surface area contributed by atoms with Gasteiger partial charge in [-0.3, -0.25) is 4.79 Å². The summed E-state index contributed by atoms with van der Waals surface area (Å²) in [6.07, 6.45) is 0. The highest BCUT2D eigenvalue weighted by atomic mass is 79.9. The predicted molar refractivity (Wildman–Crippen MR) is 85.4 cm³/mol. The Morgan fingerprint density at radius 3 is 2.58 bits per heavy atom. The number of nitrogen functional groups attached to an aromatic ring is 1. The molecule has 5 heteroatoms. The van der Waals surface area contributed by atoms with E-state index in [1.165, 1.54) is 0 Å². The smallest absolute Gasteiger partial charge is 0.256 e. The number of hydrogen-bond donors (Lipinski definition) is 2. The molecule has 0 heterocycles. The average Bonchev–Trinajstić information content (AvgIpc) is 2.35. The molecule has 0 fully saturated rings. The van der Waals surface area contributed by atoms with E-state index in [2.05, 4.69) is 37.2 Å². The van der Waals surface area contributed by atoms with E-state index in [4.69, 9.17) is 5.73 Å². The number of aryl methyl sites for hydroxylation is 1. The quantitative estimate of drug-likeness (QED) is 0.757. The van der Waals surface area contributed by atoms with E-state index in [9.17, 15) is 4.79 Å². The maximum atomic E-state index is 12.2. The van der Waals surface area contributed by atoms with E-state index < -0.39 is 0 Å². The highest BCUT2D eigenvalue weighted by Gasteiger charge is 2.11. The standard InChI is InChI=1S/C14H12Br2N2O/c1-8-2-4-10(17)7-11(8)14(19)18-13-5-3-9(15)6-12(13)16/h2-7H,17H2,1H3,(H,18,19). The minimum atomic E-state index is -0.173. The van der Waals surface area contributed by atoms with E-state index in [0.29, 0.717) is 11.3 Å². The van der Waals surface area contributed by atoms with Crippen LogP contribution >= 0.6 is 31.9 Å². The maximum absolute atomic E-state index is 12.2. The van der Waals surface area contributed by atoms with Crippen molar-refractivity contribution in [1.82, 2.24) is 0 Å². The van der Waals surface area contributed by atoms with E-state index in [1.807, 2.05) is 31.2 Å². The highest BCUT2D eigenvalue weighted by Crippen LogP contribution is 2.27. The van der Waals surface area contributed by atoms with Crippen LogP contribution in [0.5, 0.6) is 0 Å². The van der Waals surface area contributed by atoms with Gasteiger partial charge >= 0.3 is 0 Å². The molecule has 0 saturated carbocycles. The van der Waals surface area contributed by atoms with Crippen LogP contribution in [0, 0.1) is 6.92 Å². The van der Waals surface area contributed by atoms with Crippen LogP contribution in [0.25, 0.3) is 0 Å². The van der Waals surface area contributed by atoms with Crippen molar-refractivity contribution < 1.29 is 4.79 Å². The van der Waals surface area contributed by atoms with Gasteiger partial charge in [0, 0.05) is 20.2 Å². The SMILES string of the molecule is Cc1ccc(N)cc1C(=O)Nc1ccc(Br)cc1Br. The van der Waals surface area contributed by atoms with Gasteiger partial charge in [-0.25, -0.2) is 0 Å². The van der Waals surface area contributed by atoms with Gasteiger partial charge in [-0.05, 0) is 58.7 Å². The molecule has 19 heavy (non-hydrogen) atoms. The fourth-order valence-corrected chi connectivity index (χ4v) is 2.81. The van der Waals surface area contributed by atoms with Crippen molar-refractivity contribution in [3.8, 4) is 0 Å². The summed E-state index contributed by atoms with van der Waals surface area (Å²) >= 11 is 6.78. The fraction of sp³-hybridized carbons (Fsp3) is 0.0714. The second-order valence-corrected chi connectivity index (χ2v) is 5.92. The molecule has 3 nitrogen and oxygen atoms in total. The number of rotatable bonds is 2. The molecule has 0 atom stereocenters. The van der Waals surface area contributed by atoms with E-state index in [0.717, 1.165) is 20.2 Å². The van der Waals surface area contributed by atoms with Crippen molar-refractivity contribution in [3.63, 3.8) is 0 Å². The molecule has 1 amide bonds. The third-order valence-electron chi connectivity index (χ3n) is 2.69. The summed E-state index contributed by atoms with van der Waals surface area (Å²) in [5.74, 6) is -0.173. The first-order chi connectivity index (χ1) is 8.97. The fourth-order valence-electron chi connectivity index (χ4n) is 1.66. The third-order valence-corrected chi connectivity index (χ3v) is 3.83. The molecule has 2 rings (SSSR count). The Morgan fingerprint density at radius 2 is 1.89 bits per heavy atom. The topological polar surface area (TPSA) is 55.1 Å². The first kappa shape index (κ1) is 14.1. The van der Waals surface area contributed by atoms with Crippen molar-refractivity contribution in [2.24, 2.45) is 0 Å². The summed E-state index contributed by atoms with van der Waals surface area (Å²) in [4.78, 5) is 12.2. The Labute approximate surface area is 128 Å². The molecule has 3 N–H and O–H groups in total. The van der Waals surface area contributed by atoms with Crippen molar-refractivity contribution in [2.75, 3.05) is 11.1 Å². The molecular weight excluding hydrogens is 372 g/mol. The van der Waals surface area contributed by atoms with Crippen LogP contribution in [0.1, 0.15) is 15.9 Å². The number of carbonyl (C=O) groups is 1. The molecule has 0 aliphatic carbocycles. The second kappa shape index (κ2) is 5.75. The van der Waals surface area contributed by atoms with Crippen LogP contribution in [0.4, 0.5) is 11.4 Å². The van der Waals surface area contributed by atoms with Gasteiger partial charge in [0.1, 0.15) is 0 Å². The Kier molecular flexibility index (Phi) is 4.27. The average molecular weight is 384 g/mol.